The van der Waals surface area contributed by atoms with E-state index in [2.05, 4.69) is 35.3 Å². The van der Waals surface area contributed by atoms with Crippen molar-refractivity contribution in [2.45, 2.75) is 32.7 Å². The molecule has 1 fully saturated rings. The molecule has 2 aliphatic heterocycles. The normalized spacial score (nSPS) is 19.2. The number of carbonyl (C=O) groups excluding carboxylic acids is 2. The molecule has 0 bridgehead atoms. The summed E-state index contributed by atoms with van der Waals surface area (Å²) in [6.45, 7) is 5.85. The van der Waals surface area contributed by atoms with Gasteiger partial charge in [-0.25, -0.2) is 4.79 Å². The molecule has 0 saturated carbocycles. The molecule has 1 aromatic rings. The van der Waals surface area contributed by atoms with E-state index in [9.17, 15) is 9.59 Å². The highest BCUT2D eigenvalue weighted by Crippen LogP contribution is 2.30. The van der Waals surface area contributed by atoms with Gasteiger partial charge in [-0.2, -0.15) is 0 Å². The van der Waals surface area contributed by atoms with E-state index in [1.165, 1.54) is 16.0 Å². The molecule has 3 rings (SSSR count). The fourth-order valence-electron chi connectivity index (χ4n) is 3.20. The van der Waals surface area contributed by atoms with Crippen LogP contribution in [0.3, 0.4) is 0 Å². The molecule has 5 nitrogen and oxygen atoms in total. The summed E-state index contributed by atoms with van der Waals surface area (Å²) in [6, 6.07) is 5.79. The molecule has 0 spiro atoms. The van der Waals surface area contributed by atoms with Crippen LogP contribution in [0.4, 0.5) is 10.5 Å². The fourth-order valence-corrected chi connectivity index (χ4v) is 3.20. The van der Waals surface area contributed by atoms with Crippen molar-refractivity contribution in [1.82, 2.24) is 10.2 Å². The molecule has 2 heterocycles. The minimum atomic E-state index is -0.310. The lowest BCUT2D eigenvalue weighted by Gasteiger charge is -2.36. The SMILES string of the molecule is Cc1ccc2c(c1)CCCN2[C@H](C)C(=O)N1CCNC1=O. The topological polar surface area (TPSA) is 52.7 Å². The second-order valence-corrected chi connectivity index (χ2v) is 5.83. The van der Waals surface area contributed by atoms with Crippen molar-refractivity contribution in [3.8, 4) is 0 Å². The molecule has 112 valence electrons. The zero-order valence-electron chi connectivity index (χ0n) is 12.6. The van der Waals surface area contributed by atoms with Crippen LogP contribution in [0.25, 0.3) is 0 Å². The van der Waals surface area contributed by atoms with Crippen LogP contribution in [-0.2, 0) is 11.2 Å². The van der Waals surface area contributed by atoms with Gasteiger partial charge >= 0.3 is 6.03 Å². The van der Waals surface area contributed by atoms with Gasteiger partial charge in [-0.05, 0) is 38.3 Å². The Morgan fingerprint density at radius 2 is 2.14 bits per heavy atom. The zero-order valence-corrected chi connectivity index (χ0v) is 12.6. The van der Waals surface area contributed by atoms with Crippen molar-refractivity contribution in [3.05, 3.63) is 29.3 Å². The third-order valence-electron chi connectivity index (χ3n) is 4.34. The van der Waals surface area contributed by atoms with Gasteiger partial charge in [0, 0.05) is 25.3 Å². The maximum Gasteiger partial charge on any atom is 0.324 e. The van der Waals surface area contributed by atoms with Gasteiger partial charge in [0.25, 0.3) is 5.91 Å². The van der Waals surface area contributed by atoms with Crippen LogP contribution in [0.2, 0.25) is 0 Å². The van der Waals surface area contributed by atoms with E-state index >= 15 is 0 Å². The summed E-state index contributed by atoms with van der Waals surface area (Å²) in [5, 5.41) is 2.68. The molecular weight excluding hydrogens is 266 g/mol. The number of imide groups is 1. The number of rotatable bonds is 2. The van der Waals surface area contributed by atoms with Crippen LogP contribution in [0.5, 0.6) is 0 Å². The van der Waals surface area contributed by atoms with Crippen LogP contribution in [0, 0.1) is 6.92 Å². The zero-order chi connectivity index (χ0) is 15.0. The first-order valence-corrected chi connectivity index (χ1v) is 7.53. The lowest BCUT2D eigenvalue weighted by Crippen LogP contribution is -2.49. The molecule has 0 aliphatic carbocycles. The number of aryl methyl sites for hydroxylation is 2. The number of nitrogens with one attached hydrogen (secondary N) is 1. The van der Waals surface area contributed by atoms with E-state index in [-0.39, 0.29) is 18.0 Å². The molecule has 1 saturated heterocycles. The summed E-state index contributed by atoms with van der Waals surface area (Å²) in [5.74, 6) is -0.113. The first-order valence-electron chi connectivity index (χ1n) is 7.53. The number of anilines is 1. The van der Waals surface area contributed by atoms with Crippen molar-refractivity contribution >= 4 is 17.6 Å². The molecule has 1 aromatic carbocycles. The number of carbonyl (C=O) groups is 2. The fraction of sp³-hybridized carbons (Fsp3) is 0.500. The first kappa shape index (κ1) is 13.9. The summed E-state index contributed by atoms with van der Waals surface area (Å²) < 4.78 is 0. The molecular formula is C16H21N3O2. The Kier molecular flexibility index (Phi) is 3.57. The monoisotopic (exact) mass is 287 g/mol. The molecule has 3 amide bonds. The molecule has 0 radical (unpaired) electrons. The third kappa shape index (κ3) is 2.48. The first-order chi connectivity index (χ1) is 10.1. The Bertz CT molecular complexity index is 585. The highest BCUT2D eigenvalue weighted by molar-refractivity contribution is 5.99. The number of amides is 3. The summed E-state index contributed by atoms with van der Waals surface area (Å²) in [7, 11) is 0. The van der Waals surface area contributed by atoms with Crippen LogP contribution in [-0.4, -0.2) is 42.5 Å². The van der Waals surface area contributed by atoms with Crippen LogP contribution in [0.15, 0.2) is 18.2 Å². The van der Waals surface area contributed by atoms with Crippen molar-refractivity contribution in [2.24, 2.45) is 0 Å². The van der Waals surface area contributed by atoms with Gasteiger partial charge < -0.3 is 10.2 Å². The van der Waals surface area contributed by atoms with Gasteiger partial charge in [-0.3, -0.25) is 9.69 Å². The van der Waals surface area contributed by atoms with Gasteiger partial charge in [0.1, 0.15) is 6.04 Å². The average Bonchev–Trinajstić information content (AvgIpc) is 2.91. The Morgan fingerprint density at radius 1 is 1.33 bits per heavy atom. The summed E-state index contributed by atoms with van der Waals surface area (Å²) in [5.41, 5.74) is 3.67. The highest BCUT2D eigenvalue weighted by Gasteiger charge is 2.34. The maximum absolute atomic E-state index is 12.6. The quantitative estimate of drug-likeness (QED) is 0.900. The van der Waals surface area contributed by atoms with E-state index < -0.39 is 0 Å². The minimum Gasteiger partial charge on any atom is -0.360 e. The second-order valence-electron chi connectivity index (χ2n) is 5.83. The van der Waals surface area contributed by atoms with Crippen LogP contribution < -0.4 is 10.2 Å². The predicted molar refractivity (Wildman–Crippen MR) is 81.4 cm³/mol. The highest BCUT2D eigenvalue weighted by atomic mass is 16.2. The van der Waals surface area contributed by atoms with Gasteiger partial charge in [-0.1, -0.05) is 17.7 Å². The number of hydrogen-bond acceptors (Lipinski definition) is 3. The summed E-state index contributed by atoms with van der Waals surface area (Å²) in [4.78, 5) is 27.7. The van der Waals surface area contributed by atoms with E-state index in [0.717, 1.165) is 25.1 Å². The van der Waals surface area contributed by atoms with Gasteiger partial charge in [-0.15, -0.1) is 0 Å². The molecule has 0 unspecified atom stereocenters. The molecule has 1 N–H and O–H groups in total. The molecule has 5 heteroatoms. The van der Waals surface area contributed by atoms with Crippen molar-refractivity contribution < 1.29 is 9.59 Å². The van der Waals surface area contributed by atoms with E-state index in [1.54, 1.807) is 0 Å². The molecule has 21 heavy (non-hydrogen) atoms. The van der Waals surface area contributed by atoms with Gasteiger partial charge in [0.2, 0.25) is 0 Å². The van der Waals surface area contributed by atoms with Crippen LogP contribution >= 0.6 is 0 Å². The van der Waals surface area contributed by atoms with Gasteiger partial charge in [0.05, 0.1) is 0 Å². The minimum absolute atomic E-state index is 0.113. The van der Waals surface area contributed by atoms with E-state index in [0.29, 0.717) is 13.1 Å². The number of hydrogen-bond donors (Lipinski definition) is 1. The number of benzene rings is 1. The Labute approximate surface area is 124 Å². The van der Waals surface area contributed by atoms with Crippen molar-refractivity contribution in [2.75, 3.05) is 24.5 Å². The summed E-state index contributed by atoms with van der Waals surface area (Å²) >= 11 is 0. The summed E-state index contributed by atoms with van der Waals surface area (Å²) in [6.07, 6.45) is 2.10. The largest absolute Gasteiger partial charge is 0.360 e. The average molecular weight is 287 g/mol. The standard InChI is InChI=1S/C16H21N3O2/c1-11-5-6-14-13(10-11)4-3-8-18(14)12(2)15(20)19-9-7-17-16(19)21/h5-6,10,12H,3-4,7-9H2,1-2H3,(H,17,21)/t12-/m1/s1. The number of fused-ring (bicyclic) bond motifs is 1. The molecule has 1 atom stereocenters. The Hall–Kier alpha value is -2.04. The number of nitrogens with zero attached hydrogens (tertiary/aromatic N) is 2. The van der Waals surface area contributed by atoms with Crippen molar-refractivity contribution in [3.63, 3.8) is 0 Å². The van der Waals surface area contributed by atoms with Crippen molar-refractivity contribution in [1.29, 1.82) is 0 Å². The molecule has 2 aliphatic rings. The third-order valence-corrected chi connectivity index (χ3v) is 4.34. The Balaban J connectivity index is 1.84. The smallest absolute Gasteiger partial charge is 0.324 e. The van der Waals surface area contributed by atoms with Gasteiger partial charge in [0.15, 0.2) is 0 Å². The van der Waals surface area contributed by atoms with E-state index in [4.69, 9.17) is 0 Å². The number of urea groups is 1. The Morgan fingerprint density at radius 3 is 2.86 bits per heavy atom. The maximum atomic E-state index is 12.6. The predicted octanol–water partition coefficient (Wildman–Crippen LogP) is 1.69. The van der Waals surface area contributed by atoms with E-state index in [1.807, 2.05) is 6.92 Å². The second kappa shape index (κ2) is 5.39. The molecule has 0 aromatic heterocycles. The lowest BCUT2D eigenvalue weighted by molar-refractivity contribution is -0.128. The lowest BCUT2D eigenvalue weighted by atomic mass is 9.98. The van der Waals surface area contributed by atoms with Crippen LogP contribution in [0.1, 0.15) is 24.5 Å².